The summed E-state index contributed by atoms with van der Waals surface area (Å²) in [6.07, 6.45) is 2.72. The summed E-state index contributed by atoms with van der Waals surface area (Å²) in [5.74, 6) is -1.04. The lowest BCUT2D eigenvalue weighted by atomic mass is 9.87. The molecule has 6 amide bonds. The molecular formula is C68H63N3O12. The third kappa shape index (κ3) is 12.9. The summed E-state index contributed by atoms with van der Waals surface area (Å²) in [7, 11) is 6.39. The van der Waals surface area contributed by atoms with Gasteiger partial charge in [0.2, 0.25) is 0 Å². The molecule has 3 heterocycles. The van der Waals surface area contributed by atoms with Gasteiger partial charge in [-0.05, 0) is 121 Å². The Bertz CT molecular complexity index is 3460. The molecule has 422 valence electrons. The van der Waals surface area contributed by atoms with E-state index < -0.39 is 11.8 Å². The second-order valence-electron chi connectivity index (χ2n) is 20.1. The van der Waals surface area contributed by atoms with E-state index in [1.807, 2.05) is 142 Å². The van der Waals surface area contributed by atoms with Crippen molar-refractivity contribution in [3.8, 4) is 11.5 Å². The Morgan fingerprint density at radius 1 is 0.337 bits per heavy atom. The van der Waals surface area contributed by atoms with Gasteiger partial charge in [-0.1, -0.05) is 162 Å². The SMILES string of the molecule is COC.COc1ccc(C2=C(c3ccc(OC)cc3)C(=O)N(OCc3ccc(C)cc3)C2=O)cc1.Cc1ccc(CON2C(=O)C3=C(C2=O)c2ccccc2CC3)cc1.Cc1ccc(CON2C(=O)C3=C(C2=O)c2ccccc2CC3)cc1. The van der Waals surface area contributed by atoms with E-state index in [4.69, 9.17) is 24.0 Å². The predicted octanol–water partition coefficient (Wildman–Crippen LogP) is 11.1. The number of benzene rings is 7. The number of nitrogens with zero attached hydrogens (tertiary/aromatic N) is 3. The fourth-order valence-corrected chi connectivity index (χ4v) is 9.99. The first kappa shape index (κ1) is 58.3. The first-order valence-electron chi connectivity index (χ1n) is 27.0. The first-order chi connectivity index (χ1) is 40.2. The molecule has 7 aromatic carbocycles. The molecule has 15 nitrogen and oxygen atoms in total. The molecule has 0 radical (unpaired) electrons. The minimum Gasteiger partial charge on any atom is -0.497 e. The van der Waals surface area contributed by atoms with Crippen molar-refractivity contribution >= 4 is 57.7 Å². The highest BCUT2D eigenvalue weighted by Crippen LogP contribution is 2.41. The second kappa shape index (κ2) is 26.5. The molecule has 0 saturated heterocycles. The van der Waals surface area contributed by atoms with Crippen LogP contribution in [0, 0.1) is 20.8 Å². The van der Waals surface area contributed by atoms with Crippen LogP contribution in [0.1, 0.15) is 79.6 Å². The van der Waals surface area contributed by atoms with Crippen LogP contribution in [0.5, 0.6) is 11.5 Å². The molecule has 12 rings (SSSR count). The van der Waals surface area contributed by atoms with Crippen LogP contribution in [0.2, 0.25) is 0 Å². The van der Waals surface area contributed by atoms with Gasteiger partial charge in [-0.15, -0.1) is 15.2 Å². The van der Waals surface area contributed by atoms with Crippen LogP contribution in [-0.2, 0) is 80.7 Å². The Kier molecular flexibility index (Phi) is 18.6. The monoisotopic (exact) mass is 1110 g/mol. The number of carbonyl (C=O) groups is 6. The number of aryl methyl sites for hydroxylation is 5. The molecular weight excluding hydrogens is 1050 g/mol. The lowest BCUT2D eigenvalue weighted by Gasteiger charge is -2.15. The van der Waals surface area contributed by atoms with E-state index in [0.29, 0.717) is 57.8 Å². The predicted molar refractivity (Wildman–Crippen MR) is 313 cm³/mol. The maximum atomic E-state index is 13.3. The van der Waals surface area contributed by atoms with Gasteiger partial charge in [-0.3, -0.25) is 43.3 Å². The number of hydroxylamine groups is 6. The average Bonchev–Trinajstić information content (AvgIpc) is 3.80. The van der Waals surface area contributed by atoms with Crippen LogP contribution in [0.15, 0.2) is 181 Å². The minimum atomic E-state index is -0.502. The van der Waals surface area contributed by atoms with Crippen LogP contribution in [0.25, 0.3) is 22.3 Å². The van der Waals surface area contributed by atoms with Crippen molar-refractivity contribution in [3.05, 3.63) is 248 Å². The molecule has 0 spiro atoms. The highest BCUT2D eigenvalue weighted by molar-refractivity contribution is 6.48. The Balaban J connectivity index is 0.000000148. The second-order valence-corrected chi connectivity index (χ2v) is 20.1. The highest BCUT2D eigenvalue weighted by Gasteiger charge is 2.44. The molecule has 0 saturated carbocycles. The van der Waals surface area contributed by atoms with Crippen molar-refractivity contribution in [2.24, 2.45) is 0 Å². The van der Waals surface area contributed by atoms with E-state index in [9.17, 15) is 28.8 Å². The molecule has 15 heteroatoms. The Hall–Kier alpha value is -9.38. The summed E-state index contributed by atoms with van der Waals surface area (Å²) in [6.45, 7) is 6.50. The van der Waals surface area contributed by atoms with Crippen LogP contribution in [-0.4, -0.2) is 79.1 Å². The summed E-state index contributed by atoms with van der Waals surface area (Å²) >= 11 is 0. The van der Waals surface area contributed by atoms with Crippen molar-refractivity contribution in [1.82, 2.24) is 15.2 Å². The zero-order valence-electron chi connectivity index (χ0n) is 47.4. The van der Waals surface area contributed by atoms with E-state index in [2.05, 4.69) is 4.74 Å². The average molecular weight is 1110 g/mol. The molecule has 0 atom stereocenters. The number of amides is 6. The molecule has 7 aromatic rings. The van der Waals surface area contributed by atoms with Gasteiger partial charge in [0.05, 0.1) is 36.5 Å². The molecule has 83 heavy (non-hydrogen) atoms. The number of hydrogen-bond donors (Lipinski definition) is 0. The van der Waals surface area contributed by atoms with Gasteiger partial charge < -0.3 is 14.2 Å². The van der Waals surface area contributed by atoms with E-state index in [1.54, 1.807) is 77.0 Å². The molecule has 0 unspecified atom stereocenters. The van der Waals surface area contributed by atoms with Gasteiger partial charge in [0.1, 0.15) is 31.3 Å². The molecule has 2 aliphatic carbocycles. The standard InChI is InChI=1S/C26H23NO5.2C20H17NO3.C2H6O/c1-17-4-6-18(7-5-17)16-32-27-25(28)23(19-8-12-21(30-2)13-9-19)24(26(27)29)20-10-14-22(31-3)15-11-20;2*1-13-6-8-14(9-7-13)12-24-21-19(22)17-11-10-15-4-2-3-5-16(15)18(17)20(21)23;1-3-2/h4-15H,16H2,1-3H3;2*2-9H,10-12H2,1H3;1-2H3. The van der Waals surface area contributed by atoms with Crippen LogP contribution in [0.4, 0.5) is 0 Å². The van der Waals surface area contributed by atoms with Gasteiger partial charge in [0.15, 0.2) is 0 Å². The number of hydrogen-bond acceptors (Lipinski definition) is 12. The number of methoxy groups -OCH3 is 3. The van der Waals surface area contributed by atoms with Crippen molar-refractivity contribution in [1.29, 1.82) is 0 Å². The maximum absolute atomic E-state index is 13.3. The Morgan fingerprint density at radius 2 is 0.627 bits per heavy atom. The summed E-state index contributed by atoms with van der Waals surface area (Å²) < 4.78 is 14.7. The summed E-state index contributed by atoms with van der Waals surface area (Å²) in [4.78, 5) is 94.0. The lowest BCUT2D eigenvalue weighted by molar-refractivity contribution is -0.190. The molecule has 5 aliphatic rings. The van der Waals surface area contributed by atoms with Crippen LogP contribution >= 0.6 is 0 Å². The van der Waals surface area contributed by atoms with Crippen molar-refractivity contribution < 1.29 is 57.5 Å². The topological polar surface area (TPSA) is 168 Å². The van der Waals surface area contributed by atoms with E-state index in [0.717, 1.165) is 83.7 Å². The zero-order valence-corrected chi connectivity index (χ0v) is 47.4. The molecule has 0 N–H and O–H groups in total. The number of rotatable bonds is 13. The smallest absolute Gasteiger partial charge is 0.286 e. The quantitative estimate of drug-likeness (QED) is 0.100. The molecule has 0 aromatic heterocycles. The normalized spacial score (nSPS) is 15.0. The third-order valence-corrected chi connectivity index (χ3v) is 14.4. The van der Waals surface area contributed by atoms with Crippen molar-refractivity contribution in [2.75, 3.05) is 28.4 Å². The van der Waals surface area contributed by atoms with Gasteiger partial charge >= 0.3 is 0 Å². The van der Waals surface area contributed by atoms with Crippen LogP contribution in [0.3, 0.4) is 0 Å². The van der Waals surface area contributed by atoms with Crippen molar-refractivity contribution in [2.45, 2.75) is 66.3 Å². The lowest BCUT2D eigenvalue weighted by Crippen LogP contribution is -2.31. The molecule has 0 bridgehead atoms. The van der Waals surface area contributed by atoms with Gasteiger partial charge in [0, 0.05) is 25.4 Å². The van der Waals surface area contributed by atoms with Gasteiger partial charge in [0.25, 0.3) is 35.4 Å². The summed E-state index contributed by atoms with van der Waals surface area (Å²) in [6, 6.07) is 52.9. The summed E-state index contributed by atoms with van der Waals surface area (Å²) in [5.41, 5.74) is 14.0. The van der Waals surface area contributed by atoms with Crippen molar-refractivity contribution in [3.63, 3.8) is 0 Å². The Morgan fingerprint density at radius 3 is 0.940 bits per heavy atom. The summed E-state index contributed by atoms with van der Waals surface area (Å²) in [5, 5.41) is 2.69. The molecule has 3 aliphatic heterocycles. The van der Waals surface area contributed by atoms with Gasteiger partial charge in [-0.25, -0.2) is 0 Å². The zero-order chi connectivity index (χ0) is 58.7. The number of fused-ring (bicyclic) bond motifs is 4. The molecule has 0 fully saturated rings. The van der Waals surface area contributed by atoms with E-state index in [1.165, 1.54) is 0 Å². The number of ether oxygens (including phenoxy) is 3. The van der Waals surface area contributed by atoms with E-state index in [-0.39, 0.29) is 54.6 Å². The van der Waals surface area contributed by atoms with Gasteiger partial charge in [-0.2, -0.15) is 0 Å². The number of carbonyl (C=O) groups excluding carboxylic acids is 6. The van der Waals surface area contributed by atoms with E-state index >= 15 is 0 Å². The fourth-order valence-electron chi connectivity index (χ4n) is 9.99. The maximum Gasteiger partial charge on any atom is 0.286 e. The Labute approximate surface area is 482 Å². The fraction of sp³-hybridized carbons (Fsp3) is 0.206. The first-order valence-corrected chi connectivity index (χ1v) is 27.0. The largest absolute Gasteiger partial charge is 0.497 e. The third-order valence-electron chi connectivity index (χ3n) is 14.4. The highest BCUT2D eigenvalue weighted by atomic mass is 16.7. The van der Waals surface area contributed by atoms with Crippen LogP contribution < -0.4 is 9.47 Å². The number of imide groups is 3. The minimum absolute atomic E-state index is 0.101.